The van der Waals surface area contributed by atoms with Crippen molar-refractivity contribution in [2.75, 3.05) is 5.32 Å². The van der Waals surface area contributed by atoms with Gasteiger partial charge < -0.3 is 5.32 Å². The van der Waals surface area contributed by atoms with Gasteiger partial charge >= 0.3 is 0 Å². The van der Waals surface area contributed by atoms with Crippen molar-refractivity contribution in [3.05, 3.63) is 40.7 Å². The molecule has 0 saturated carbocycles. The van der Waals surface area contributed by atoms with Crippen LogP contribution in [0.3, 0.4) is 0 Å². The van der Waals surface area contributed by atoms with E-state index in [1.807, 2.05) is 32.0 Å². The molecule has 0 aliphatic rings. The zero-order valence-electron chi connectivity index (χ0n) is 11.6. The molecular weight excluding hydrogens is 308 g/mol. The normalized spacial score (nSPS) is 11.0. The van der Waals surface area contributed by atoms with Gasteiger partial charge in [-0.1, -0.05) is 29.0 Å². The molecule has 1 aromatic carbocycles. The zero-order valence-corrected chi connectivity index (χ0v) is 13.1. The monoisotopic (exact) mass is 320 g/mol. The minimum Gasteiger partial charge on any atom is -0.300 e. The standard InChI is InChI=1S/C14H13ClN4OS/c1-8-6-9(2)19(18-8)7-12(20)16-14-17-13-10(15)4-3-5-11(13)21-14/h3-6H,7H2,1-2H3,(H,16,17,20). The van der Waals surface area contributed by atoms with Crippen molar-refractivity contribution in [2.24, 2.45) is 0 Å². The van der Waals surface area contributed by atoms with Gasteiger partial charge in [0.1, 0.15) is 12.1 Å². The van der Waals surface area contributed by atoms with Gasteiger partial charge in [0, 0.05) is 5.69 Å². The molecule has 0 spiro atoms. The summed E-state index contributed by atoms with van der Waals surface area (Å²) in [4.78, 5) is 16.4. The molecule has 108 valence electrons. The number of hydrogen-bond donors (Lipinski definition) is 1. The maximum atomic E-state index is 12.1. The number of rotatable bonds is 3. The lowest BCUT2D eigenvalue weighted by atomic mass is 10.3. The van der Waals surface area contributed by atoms with Crippen molar-refractivity contribution in [1.29, 1.82) is 0 Å². The first kappa shape index (κ1) is 14.0. The number of halogens is 1. The second-order valence-electron chi connectivity index (χ2n) is 4.74. The number of nitrogens with zero attached hydrogens (tertiary/aromatic N) is 3. The molecule has 7 heteroatoms. The molecule has 5 nitrogen and oxygen atoms in total. The Morgan fingerprint density at radius 3 is 2.90 bits per heavy atom. The number of amides is 1. The Labute approximate surface area is 130 Å². The number of anilines is 1. The van der Waals surface area contributed by atoms with E-state index in [0.717, 1.165) is 16.1 Å². The summed E-state index contributed by atoms with van der Waals surface area (Å²) in [5, 5.41) is 8.19. The number of benzene rings is 1. The highest BCUT2D eigenvalue weighted by Crippen LogP contribution is 2.30. The van der Waals surface area contributed by atoms with E-state index in [0.29, 0.717) is 15.7 Å². The maximum Gasteiger partial charge on any atom is 0.247 e. The third-order valence-electron chi connectivity index (χ3n) is 3.01. The molecule has 1 amide bonds. The summed E-state index contributed by atoms with van der Waals surface area (Å²) >= 11 is 7.48. The van der Waals surface area contributed by atoms with Crippen molar-refractivity contribution in [1.82, 2.24) is 14.8 Å². The Hall–Kier alpha value is -1.92. The fourth-order valence-electron chi connectivity index (χ4n) is 2.10. The van der Waals surface area contributed by atoms with Crippen LogP contribution in [0, 0.1) is 13.8 Å². The first-order chi connectivity index (χ1) is 10.0. The van der Waals surface area contributed by atoms with Crippen LogP contribution in [0.1, 0.15) is 11.4 Å². The predicted octanol–water partition coefficient (Wildman–Crippen LogP) is 3.40. The molecule has 0 bridgehead atoms. The predicted molar refractivity (Wildman–Crippen MR) is 85.0 cm³/mol. The fourth-order valence-corrected chi connectivity index (χ4v) is 3.28. The molecule has 0 aliphatic carbocycles. The second kappa shape index (κ2) is 5.46. The lowest BCUT2D eigenvalue weighted by Gasteiger charge is -2.03. The van der Waals surface area contributed by atoms with E-state index >= 15 is 0 Å². The van der Waals surface area contributed by atoms with E-state index in [1.54, 1.807) is 10.7 Å². The molecule has 0 aliphatic heterocycles. The van der Waals surface area contributed by atoms with Crippen LogP contribution in [0.2, 0.25) is 5.02 Å². The van der Waals surface area contributed by atoms with Crippen molar-refractivity contribution in [3.8, 4) is 0 Å². The summed E-state index contributed by atoms with van der Waals surface area (Å²) in [6, 6.07) is 7.51. The van der Waals surface area contributed by atoms with Gasteiger partial charge in [-0.2, -0.15) is 5.10 Å². The first-order valence-corrected chi connectivity index (χ1v) is 7.58. The number of hydrogen-bond acceptors (Lipinski definition) is 4. The topological polar surface area (TPSA) is 59.8 Å². The number of fused-ring (bicyclic) bond motifs is 1. The number of carbonyl (C=O) groups is 1. The van der Waals surface area contributed by atoms with Crippen LogP contribution in [-0.2, 0) is 11.3 Å². The Bertz CT molecular complexity index is 824. The number of para-hydroxylation sites is 1. The van der Waals surface area contributed by atoms with Gasteiger partial charge in [-0.05, 0) is 32.0 Å². The van der Waals surface area contributed by atoms with Crippen LogP contribution >= 0.6 is 22.9 Å². The van der Waals surface area contributed by atoms with Gasteiger partial charge in [-0.25, -0.2) is 4.98 Å². The SMILES string of the molecule is Cc1cc(C)n(CC(=O)Nc2nc3c(Cl)cccc3s2)n1. The summed E-state index contributed by atoms with van der Waals surface area (Å²) < 4.78 is 2.62. The van der Waals surface area contributed by atoms with Gasteiger partial charge in [0.25, 0.3) is 0 Å². The Morgan fingerprint density at radius 1 is 1.43 bits per heavy atom. The molecule has 0 radical (unpaired) electrons. The van der Waals surface area contributed by atoms with Gasteiger partial charge in [0.15, 0.2) is 5.13 Å². The number of thiazole rings is 1. The van der Waals surface area contributed by atoms with Crippen LogP contribution in [0.5, 0.6) is 0 Å². The highest BCUT2D eigenvalue weighted by atomic mass is 35.5. The van der Waals surface area contributed by atoms with Gasteiger partial charge in [-0.15, -0.1) is 0 Å². The van der Waals surface area contributed by atoms with Crippen molar-refractivity contribution in [2.45, 2.75) is 20.4 Å². The highest BCUT2D eigenvalue weighted by Gasteiger charge is 2.11. The summed E-state index contributed by atoms with van der Waals surface area (Å²) in [6.07, 6.45) is 0. The third-order valence-corrected chi connectivity index (χ3v) is 4.25. The summed E-state index contributed by atoms with van der Waals surface area (Å²) in [5.74, 6) is -0.156. The van der Waals surface area contributed by atoms with Crippen LogP contribution < -0.4 is 5.32 Å². The molecule has 1 N–H and O–H groups in total. The largest absolute Gasteiger partial charge is 0.300 e. The summed E-state index contributed by atoms with van der Waals surface area (Å²) in [7, 11) is 0. The Balaban J connectivity index is 1.77. The van der Waals surface area contributed by atoms with E-state index in [4.69, 9.17) is 11.6 Å². The highest BCUT2D eigenvalue weighted by molar-refractivity contribution is 7.22. The first-order valence-electron chi connectivity index (χ1n) is 6.39. The molecule has 0 saturated heterocycles. The van der Waals surface area contributed by atoms with E-state index in [-0.39, 0.29) is 12.5 Å². The minimum atomic E-state index is -0.156. The average Bonchev–Trinajstić information content (AvgIpc) is 2.94. The van der Waals surface area contributed by atoms with Crippen LogP contribution in [0.25, 0.3) is 10.2 Å². The lowest BCUT2D eigenvalue weighted by molar-refractivity contribution is -0.116. The molecule has 0 atom stereocenters. The summed E-state index contributed by atoms with van der Waals surface area (Å²) in [6.45, 7) is 3.99. The van der Waals surface area contributed by atoms with Crippen molar-refractivity contribution in [3.63, 3.8) is 0 Å². The van der Waals surface area contributed by atoms with Gasteiger partial charge in [-0.3, -0.25) is 9.48 Å². The molecule has 0 unspecified atom stereocenters. The number of carbonyl (C=O) groups excluding carboxylic acids is 1. The van der Waals surface area contributed by atoms with Crippen molar-refractivity contribution < 1.29 is 4.79 Å². The summed E-state index contributed by atoms with van der Waals surface area (Å²) in [5.41, 5.74) is 2.56. The molecule has 3 rings (SSSR count). The zero-order chi connectivity index (χ0) is 15.0. The third kappa shape index (κ3) is 2.91. The van der Waals surface area contributed by atoms with Crippen molar-refractivity contribution >= 4 is 44.2 Å². The lowest BCUT2D eigenvalue weighted by Crippen LogP contribution is -2.20. The molecule has 2 heterocycles. The van der Waals surface area contributed by atoms with Gasteiger partial charge in [0.05, 0.1) is 15.4 Å². The average molecular weight is 321 g/mol. The molecule has 3 aromatic rings. The van der Waals surface area contributed by atoms with E-state index in [9.17, 15) is 4.79 Å². The smallest absolute Gasteiger partial charge is 0.247 e. The van der Waals surface area contributed by atoms with Crippen LogP contribution in [-0.4, -0.2) is 20.7 Å². The Morgan fingerprint density at radius 2 is 2.24 bits per heavy atom. The fraction of sp³-hybridized carbons (Fsp3) is 0.214. The maximum absolute atomic E-state index is 12.1. The van der Waals surface area contributed by atoms with Gasteiger partial charge in [0.2, 0.25) is 5.91 Å². The van der Waals surface area contributed by atoms with E-state index < -0.39 is 0 Å². The number of aromatic nitrogens is 3. The number of nitrogens with one attached hydrogen (secondary N) is 1. The number of aryl methyl sites for hydroxylation is 2. The second-order valence-corrected chi connectivity index (χ2v) is 6.18. The molecule has 21 heavy (non-hydrogen) atoms. The van der Waals surface area contributed by atoms with E-state index in [1.165, 1.54) is 11.3 Å². The molecular formula is C14H13ClN4OS. The van der Waals surface area contributed by atoms with Crippen LogP contribution in [0.4, 0.5) is 5.13 Å². The minimum absolute atomic E-state index is 0.156. The Kier molecular flexibility index (Phi) is 3.65. The van der Waals surface area contributed by atoms with E-state index in [2.05, 4.69) is 15.4 Å². The molecule has 2 aromatic heterocycles. The quantitative estimate of drug-likeness (QED) is 0.804. The van der Waals surface area contributed by atoms with Crippen LogP contribution in [0.15, 0.2) is 24.3 Å². The molecule has 0 fully saturated rings.